The summed E-state index contributed by atoms with van der Waals surface area (Å²) in [6.45, 7) is 2.87. The highest BCUT2D eigenvalue weighted by Gasteiger charge is 2.29. The van der Waals surface area contributed by atoms with Gasteiger partial charge >= 0.3 is 0 Å². The number of amides is 2. The second kappa shape index (κ2) is 7.30. The van der Waals surface area contributed by atoms with Gasteiger partial charge < -0.3 is 10.2 Å². The Morgan fingerprint density at radius 1 is 1.00 bits per heavy atom. The number of benzene rings is 2. The molecule has 2 aromatic carbocycles. The minimum absolute atomic E-state index is 0.0113. The molecule has 124 valence electrons. The number of rotatable bonds is 4. The Kier molecular flexibility index (Phi) is 4.94. The van der Waals surface area contributed by atoms with Gasteiger partial charge in [-0.3, -0.25) is 9.59 Å². The SMILES string of the molecule is CC(=O)N1CCC(NC(=O)C(c2ccccc2)c2ccccc2)C1. The van der Waals surface area contributed by atoms with E-state index in [1.165, 1.54) is 0 Å². The molecule has 3 rings (SSSR count). The van der Waals surface area contributed by atoms with E-state index in [0.717, 1.165) is 17.5 Å². The summed E-state index contributed by atoms with van der Waals surface area (Å²) in [6, 6.07) is 19.6. The minimum Gasteiger partial charge on any atom is -0.351 e. The Morgan fingerprint density at radius 2 is 1.54 bits per heavy atom. The van der Waals surface area contributed by atoms with Crippen LogP contribution >= 0.6 is 0 Å². The number of nitrogens with one attached hydrogen (secondary N) is 1. The summed E-state index contributed by atoms with van der Waals surface area (Å²) in [5.41, 5.74) is 1.95. The van der Waals surface area contributed by atoms with Gasteiger partial charge in [0, 0.05) is 26.1 Å². The van der Waals surface area contributed by atoms with Gasteiger partial charge in [0.15, 0.2) is 0 Å². The molecule has 0 radical (unpaired) electrons. The van der Waals surface area contributed by atoms with Crippen molar-refractivity contribution in [2.24, 2.45) is 0 Å². The van der Waals surface area contributed by atoms with E-state index in [0.29, 0.717) is 13.1 Å². The summed E-state index contributed by atoms with van der Waals surface area (Å²) >= 11 is 0. The fourth-order valence-electron chi connectivity index (χ4n) is 3.23. The van der Waals surface area contributed by atoms with Gasteiger partial charge in [-0.25, -0.2) is 0 Å². The number of nitrogens with zero attached hydrogens (tertiary/aromatic N) is 1. The molecule has 1 aliphatic heterocycles. The van der Waals surface area contributed by atoms with Crippen LogP contribution in [0.15, 0.2) is 60.7 Å². The molecule has 1 unspecified atom stereocenters. The summed E-state index contributed by atoms with van der Waals surface area (Å²) in [7, 11) is 0. The summed E-state index contributed by atoms with van der Waals surface area (Å²) < 4.78 is 0. The van der Waals surface area contributed by atoms with E-state index in [1.807, 2.05) is 60.7 Å². The molecule has 0 aromatic heterocycles. The Morgan fingerprint density at radius 3 is 2.00 bits per heavy atom. The maximum Gasteiger partial charge on any atom is 0.232 e. The molecule has 0 aliphatic carbocycles. The van der Waals surface area contributed by atoms with E-state index >= 15 is 0 Å². The van der Waals surface area contributed by atoms with Crippen molar-refractivity contribution >= 4 is 11.8 Å². The first-order valence-corrected chi connectivity index (χ1v) is 8.31. The molecule has 1 N–H and O–H groups in total. The van der Waals surface area contributed by atoms with Crippen LogP contribution in [0.3, 0.4) is 0 Å². The maximum atomic E-state index is 13.0. The van der Waals surface area contributed by atoms with Gasteiger partial charge in [0.1, 0.15) is 0 Å². The van der Waals surface area contributed by atoms with Crippen LogP contribution in [0.2, 0.25) is 0 Å². The van der Waals surface area contributed by atoms with Crippen LogP contribution in [-0.2, 0) is 9.59 Å². The Hall–Kier alpha value is -2.62. The van der Waals surface area contributed by atoms with Crippen molar-refractivity contribution in [1.29, 1.82) is 0 Å². The summed E-state index contributed by atoms with van der Waals surface area (Å²) in [4.78, 5) is 26.2. The zero-order valence-corrected chi connectivity index (χ0v) is 13.8. The molecule has 1 fully saturated rings. The third-order valence-corrected chi connectivity index (χ3v) is 4.51. The van der Waals surface area contributed by atoms with Crippen LogP contribution in [0.5, 0.6) is 0 Å². The Balaban J connectivity index is 1.79. The Bertz CT molecular complexity index is 661. The topological polar surface area (TPSA) is 49.4 Å². The molecule has 4 nitrogen and oxygen atoms in total. The van der Waals surface area contributed by atoms with Crippen LogP contribution in [0, 0.1) is 0 Å². The molecule has 1 saturated heterocycles. The quantitative estimate of drug-likeness (QED) is 0.940. The van der Waals surface area contributed by atoms with E-state index < -0.39 is 0 Å². The average molecular weight is 322 g/mol. The number of likely N-dealkylation sites (tertiary alicyclic amines) is 1. The van der Waals surface area contributed by atoms with Crippen molar-refractivity contribution in [1.82, 2.24) is 10.2 Å². The third kappa shape index (κ3) is 3.65. The summed E-state index contributed by atoms with van der Waals surface area (Å²) in [5.74, 6) is -0.281. The second-order valence-electron chi connectivity index (χ2n) is 6.21. The lowest BCUT2D eigenvalue weighted by atomic mass is 9.90. The molecular formula is C20H22N2O2. The first kappa shape index (κ1) is 16.2. The van der Waals surface area contributed by atoms with Gasteiger partial charge in [0.25, 0.3) is 0 Å². The zero-order valence-electron chi connectivity index (χ0n) is 13.8. The van der Waals surface area contributed by atoms with Crippen LogP contribution < -0.4 is 5.32 Å². The molecule has 4 heteroatoms. The molecule has 0 spiro atoms. The fraction of sp³-hybridized carbons (Fsp3) is 0.300. The zero-order chi connectivity index (χ0) is 16.9. The standard InChI is InChI=1S/C20H22N2O2/c1-15(23)22-13-12-18(14-22)21-20(24)19(16-8-4-2-5-9-16)17-10-6-3-7-11-17/h2-11,18-19H,12-14H2,1H3,(H,21,24). The van der Waals surface area contributed by atoms with Crippen LogP contribution in [0.4, 0.5) is 0 Å². The summed E-state index contributed by atoms with van der Waals surface area (Å²) in [5, 5.41) is 3.13. The van der Waals surface area contributed by atoms with Crippen molar-refractivity contribution in [3.05, 3.63) is 71.8 Å². The monoisotopic (exact) mass is 322 g/mol. The molecule has 0 saturated carbocycles. The molecule has 2 amide bonds. The largest absolute Gasteiger partial charge is 0.351 e. The maximum absolute atomic E-state index is 13.0. The van der Waals surface area contributed by atoms with Crippen molar-refractivity contribution in [3.63, 3.8) is 0 Å². The number of carbonyl (C=O) groups excluding carboxylic acids is 2. The highest BCUT2D eigenvalue weighted by Crippen LogP contribution is 2.25. The molecule has 0 bridgehead atoms. The van der Waals surface area contributed by atoms with Gasteiger partial charge in [0.05, 0.1) is 5.92 Å². The van der Waals surface area contributed by atoms with Gasteiger partial charge in [0.2, 0.25) is 11.8 Å². The van der Waals surface area contributed by atoms with Gasteiger partial charge in [-0.05, 0) is 17.5 Å². The smallest absolute Gasteiger partial charge is 0.232 e. The lowest BCUT2D eigenvalue weighted by Crippen LogP contribution is -2.40. The van der Waals surface area contributed by atoms with Crippen LogP contribution in [0.1, 0.15) is 30.4 Å². The van der Waals surface area contributed by atoms with Gasteiger partial charge in [-0.1, -0.05) is 60.7 Å². The third-order valence-electron chi connectivity index (χ3n) is 4.51. The number of hydrogen-bond acceptors (Lipinski definition) is 2. The summed E-state index contributed by atoms with van der Waals surface area (Å²) in [6.07, 6.45) is 0.807. The van der Waals surface area contributed by atoms with Gasteiger partial charge in [-0.2, -0.15) is 0 Å². The molecule has 1 atom stereocenters. The van der Waals surface area contributed by atoms with Crippen molar-refractivity contribution in [2.45, 2.75) is 25.3 Å². The average Bonchev–Trinajstić information content (AvgIpc) is 3.06. The first-order chi connectivity index (χ1) is 11.6. The van der Waals surface area contributed by atoms with Crippen LogP contribution in [0.25, 0.3) is 0 Å². The fourth-order valence-corrected chi connectivity index (χ4v) is 3.23. The highest BCUT2D eigenvalue weighted by molar-refractivity contribution is 5.87. The van der Waals surface area contributed by atoms with Crippen molar-refractivity contribution in [3.8, 4) is 0 Å². The number of carbonyl (C=O) groups is 2. The molecule has 1 heterocycles. The van der Waals surface area contributed by atoms with Crippen molar-refractivity contribution < 1.29 is 9.59 Å². The normalized spacial score (nSPS) is 17.1. The Labute approximate surface area is 142 Å². The van der Waals surface area contributed by atoms with E-state index in [1.54, 1.807) is 11.8 Å². The first-order valence-electron chi connectivity index (χ1n) is 8.31. The van der Waals surface area contributed by atoms with E-state index in [-0.39, 0.29) is 23.8 Å². The van der Waals surface area contributed by atoms with Crippen molar-refractivity contribution in [2.75, 3.05) is 13.1 Å². The minimum atomic E-state index is -0.334. The molecule has 24 heavy (non-hydrogen) atoms. The molecule has 1 aliphatic rings. The molecule has 2 aromatic rings. The van der Waals surface area contributed by atoms with Crippen LogP contribution in [-0.4, -0.2) is 35.8 Å². The lowest BCUT2D eigenvalue weighted by Gasteiger charge is -2.21. The molecular weight excluding hydrogens is 300 g/mol. The van der Waals surface area contributed by atoms with E-state index in [4.69, 9.17) is 0 Å². The lowest BCUT2D eigenvalue weighted by molar-refractivity contribution is -0.128. The van der Waals surface area contributed by atoms with Gasteiger partial charge in [-0.15, -0.1) is 0 Å². The predicted octanol–water partition coefficient (Wildman–Crippen LogP) is 2.56. The number of hydrogen-bond donors (Lipinski definition) is 1. The van der Waals surface area contributed by atoms with E-state index in [2.05, 4.69) is 5.32 Å². The van der Waals surface area contributed by atoms with E-state index in [9.17, 15) is 9.59 Å². The predicted molar refractivity (Wildman–Crippen MR) is 93.5 cm³/mol. The second-order valence-corrected chi connectivity index (χ2v) is 6.21. The highest BCUT2D eigenvalue weighted by atomic mass is 16.2.